The number of fused-ring (bicyclic) bond motifs is 4. The lowest BCUT2D eigenvalue weighted by molar-refractivity contribution is 0.311. The van der Waals surface area contributed by atoms with Crippen LogP contribution in [-0.2, 0) is 6.61 Å². The van der Waals surface area contributed by atoms with Gasteiger partial charge in [0, 0.05) is 11.1 Å². The first-order chi connectivity index (χ1) is 15.7. The molecule has 0 N–H and O–H groups in total. The summed E-state index contributed by atoms with van der Waals surface area (Å²) in [5.74, 6) is 1.51. The zero-order chi connectivity index (χ0) is 21.7. The average Bonchev–Trinajstić information content (AvgIpc) is 3.08. The minimum atomic E-state index is 0.497. The monoisotopic (exact) mass is 417 g/mol. The highest BCUT2D eigenvalue weighted by atomic mass is 16.5. The van der Waals surface area contributed by atoms with Crippen molar-refractivity contribution in [3.8, 4) is 16.9 Å². The van der Waals surface area contributed by atoms with Crippen molar-refractivity contribution < 1.29 is 9.15 Å². The fourth-order valence-corrected chi connectivity index (χ4v) is 4.54. The maximum absolute atomic E-state index is 6.47. The summed E-state index contributed by atoms with van der Waals surface area (Å²) < 4.78 is 12.9. The molecule has 6 rings (SSSR count). The number of ether oxygens (including phenoxy) is 1. The van der Waals surface area contributed by atoms with Crippen molar-refractivity contribution in [3.63, 3.8) is 0 Å². The molecular formula is C29H23NO2. The van der Waals surface area contributed by atoms with Crippen molar-refractivity contribution in [3.05, 3.63) is 108 Å². The van der Waals surface area contributed by atoms with Crippen LogP contribution in [0.1, 0.15) is 16.7 Å². The summed E-state index contributed by atoms with van der Waals surface area (Å²) in [6.45, 7) is 4.70. The van der Waals surface area contributed by atoms with E-state index in [2.05, 4.69) is 97.6 Å². The van der Waals surface area contributed by atoms with Crippen LogP contribution in [0.5, 0.6) is 5.75 Å². The zero-order valence-electron chi connectivity index (χ0n) is 18.1. The van der Waals surface area contributed by atoms with Crippen molar-refractivity contribution in [1.82, 2.24) is 0 Å². The van der Waals surface area contributed by atoms with Gasteiger partial charge in [0.15, 0.2) is 5.75 Å². The lowest BCUT2D eigenvalue weighted by Gasteiger charge is -2.25. The summed E-state index contributed by atoms with van der Waals surface area (Å²) in [6, 6.07) is 31.7. The highest BCUT2D eigenvalue weighted by Gasteiger charge is 2.30. The quantitative estimate of drug-likeness (QED) is 0.290. The van der Waals surface area contributed by atoms with Crippen LogP contribution in [0.3, 0.4) is 0 Å². The summed E-state index contributed by atoms with van der Waals surface area (Å²) >= 11 is 0. The summed E-state index contributed by atoms with van der Waals surface area (Å²) in [7, 11) is 0. The Kier molecular flexibility index (Phi) is 4.29. The Hall–Kier alpha value is -3.98. The van der Waals surface area contributed by atoms with Gasteiger partial charge in [-0.2, -0.15) is 0 Å². The summed E-state index contributed by atoms with van der Waals surface area (Å²) in [6.07, 6.45) is 0. The van der Waals surface area contributed by atoms with E-state index >= 15 is 0 Å². The summed E-state index contributed by atoms with van der Waals surface area (Å²) in [5, 5.41) is 1.01. The fourth-order valence-electron chi connectivity index (χ4n) is 4.54. The highest BCUT2D eigenvalue weighted by molar-refractivity contribution is 5.97. The van der Waals surface area contributed by atoms with Gasteiger partial charge in [0.2, 0.25) is 5.88 Å². The molecule has 32 heavy (non-hydrogen) atoms. The first-order valence-corrected chi connectivity index (χ1v) is 10.9. The van der Waals surface area contributed by atoms with Crippen molar-refractivity contribution >= 4 is 28.2 Å². The molecular weight excluding hydrogens is 394 g/mol. The SMILES string of the molecule is Cc1ccc2c(c1)COc1c(oc3ccc(C)cc13)N2c1ccccc1-c1ccccc1. The van der Waals surface area contributed by atoms with Gasteiger partial charge in [0.25, 0.3) is 0 Å². The predicted molar refractivity (Wildman–Crippen MR) is 130 cm³/mol. The molecule has 1 aliphatic rings. The van der Waals surface area contributed by atoms with E-state index in [1.54, 1.807) is 0 Å². The number of hydrogen-bond acceptors (Lipinski definition) is 3. The molecule has 1 aromatic heterocycles. The van der Waals surface area contributed by atoms with Crippen LogP contribution < -0.4 is 9.64 Å². The van der Waals surface area contributed by atoms with E-state index in [4.69, 9.17) is 9.15 Å². The van der Waals surface area contributed by atoms with Crippen molar-refractivity contribution in [2.45, 2.75) is 20.5 Å². The number of benzene rings is 4. The van der Waals surface area contributed by atoms with Gasteiger partial charge in [-0.1, -0.05) is 77.9 Å². The molecule has 0 fully saturated rings. The molecule has 156 valence electrons. The number of furan rings is 1. The van der Waals surface area contributed by atoms with Crippen molar-refractivity contribution in [2.75, 3.05) is 4.90 Å². The number of aryl methyl sites for hydroxylation is 2. The van der Waals surface area contributed by atoms with E-state index in [-0.39, 0.29) is 0 Å². The third-order valence-corrected chi connectivity index (χ3v) is 6.06. The Morgan fingerprint density at radius 2 is 1.47 bits per heavy atom. The molecule has 0 saturated heterocycles. The Bertz CT molecular complexity index is 1450. The predicted octanol–water partition coefficient (Wildman–Crippen LogP) is 8.08. The molecule has 0 amide bonds. The Balaban J connectivity index is 1.67. The molecule has 0 bridgehead atoms. The molecule has 5 aromatic rings. The van der Waals surface area contributed by atoms with Gasteiger partial charge < -0.3 is 9.15 Å². The summed E-state index contributed by atoms with van der Waals surface area (Å²) in [5.41, 5.74) is 8.80. The van der Waals surface area contributed by atoms with E-state index in [9.17, 15) is 0 Å². The normalized spacial score (nSPS) is 12.8. The number of anilines is 3. The van der Waals surface area contributed by atoms with Crippen LogP contribution in [0, 0.1) is 13.8 Å². The van der Waals surface area contributed by atoms with E-state index in [1.807, 2.05) is 12.1 Å². The van der Waals surface area contributed by atoms with E-state index in [0.717, 1.165) is 50.7 Å². The lowest BCUT2D eigenvalue weighted by Crippen LogP contribution is -2.11. The summed E-state index contributed by atoms with van der Waals surface area (Å²) in [4.78, 5) is 2.22. The molecule has 3 heteroatoms. The third-order valence-electron chi connectivity index (χ3n) is 6.06. The molecule has 0 spiro atoms. The molecule has 4 aromatic carbocycles. The highest BCUT2D eigenvalue weighted by Crippen LogP contribution is 2.51. The first-order valence-electron chi connectivity index (χ1n) is 10.9. The minimum Gasteiger partial charge on any atom is -0.483 e. The zero-order valence-corrected chi connectivity index (χ0v) is 18.1. The van der Waals surface area contributed by atoms with Crippen LogP contribution >= 0.6 is 0 Å². The van der Waals surface area contributed by atoms with Crippen molar-refractivity contribution in [2.24, 2.45) is 0 Å². The fraction of sp³-hybridized carbons (Fsp3) is 0.103. The molecule has 1 aliphatic heterocycles. The maximum Gasteiger partial charge on any atom is 0.248 e. The second-order valence-electron chi connectivity index (χ2n) is 8.38. The topological polar surface area (TPSA) is 25.6 Å². The van der Waals surface area contributed by atoms with Gasteiger partial charge in [-0.25, -0.2) is 0 Å². The van der Waals surface area contributed by atoms with Gasteiger partial charge in [-0.3, -0.25) is 4.90 Å². The van der Waals surface area contributed by atoms with Gasteiger partial charge in [-0.15, -0.1) is 0 Å². The Morgan fingerprint density at radius 3 is 2.34 bits per heavy atom. The third kappa shape index (κ3) is 2.97. The number of hydrogen-bond donors (Lipinski definition) is 0. The van der Waals surface area contributed by atoms with E-state index in [0.29, 0.717) is 6.61 Å². The van der Waals surface area contributed by atoms with Crippen molar-refractivity contribution in [1.29, 1.82) is 0 Å². The van der Waals surface area contributed by atoms with Gasteiger partial charge >= 0.3 is 0 Å². The van der Waals surface area contributed by atoms with E-state index < -0.39 is 0 Å². The molecule has 0 unspecified atom stereocenters. The number of rotatable bonds is 2. The van der Waals surface area contributed by atoms with Gasteiger partial charge in [0.05, 0.1) is 16.8 Å². The molecule has 0 atom stereocenters. The smallest absolute Gasteiger partial charge is 0.248 e. The minimum absolute atomic E-state index is 0.497. The van der Waals surface area contributed by atoms with Crippen LogP contribution in [0.2, 0.25) is 0 Å². The maximum atomic E-state index is 6.47. The van der Waals surface area contributed by atoms with Gasteiger partial charge in [0.1, 0.15) is 12.2 Å². The number of nitrogens with zero attached hydrogens (tertiary/aromatic N) is 1. The molecule has 0 radical (unpaired) electrons. The lowest BCUT2D eigenvalue weighted by atomic mass is 10.0. The molecule has 0 aliphatic carbocycles. The average molecular weight is 418 g/mol. The largest absolute Gasteiger partial charge is 0.483 e. The second-order valence-corrected chi connectivity index (χ2v) is 8.38. The van der Waals surface area contributed by atoms with Crippen LogP contribution in [0.25, 0.3) is 22.1 Å². The molecule has 2 heterocycles. The second kappa shape index (κ2) is 7.31. The number of para-hydroxylation sites is 1. The Labute approximate surface area is 187 Å². The standard InChI is InChI=1S/C29H23NO2/c1-19-12-14-25-22(16-19)18-31-28-24-17-20(2)13-15-27(24)32-29(28)30(25)26-11-7-6-10-23(26)21-8-4-3-5-9-21/h3-17H,18H2,1-2H3. The molecule has 3 nitrogen and oxygen atoms in total. The van der Waals surface area contributed by atoms with E-state index in [1.165, 1.54) is 11.1 Å². The molecule has 0 saturated carbocycles. The van der Waals surface area contributed by atoms with Crippen LogP contribution in [0.4, 0.5) is 17.3 Å². The Morgan fingerprint density at radius 1 is 0.719 bits per heavy atom. The first kappa shape index (κ1) is 18.8. The van der Waals surface area contributed by atoms with Gasteiger partial charge in [-0.05, 0) is 43.7 Å². The van der Waals surface area contributed by atoms with Crippen LogP contribution in [0.15, 0.2) is 95.4 Å². The van der Waals surface area contributed by atoms with Crippen LogP contribution in [-0.4, -0.2) is 0 Å².